The highest BCUT2D eigenvalue weighted by molar-refractivity contribution is 8.02. The van der Waals surface area contributed by atoms with E-state index in [9.17, 15) is 4.79 Å². The van der Waals surface area contributed by atoms with Crippen LogP contribution in [0.2, 0.25) is 0 Å². The SMILES string of the molecule is CCC(C)(C)NC(=O)C(C)Sc1nnc(NCc2ccco2)s1. The quantitative estimate of drug-likeness (QED) is 0.706. The van der Waals surface area contributed by atoms with Crippen molar-refractivity contribution in [1.29, 1.82) is 0 Å². The molecule has 8 heteroatoms. The number of nitrogens with zero attached hydrogens (tertiary/aromatic N) is 2. The van der Waals surface area contributed by atoms with Gasteiger partial charge in [0, 0.05) is 5.54 Å². The number of carbonyl (C=O) groups is 1. The third kappa shape index (κ3) is 5.54. The van der Waals surface area contributed by atoms with Crippen molar-refractivity contribution in [3.63, 3.8) is 0 Å². The highest BCUT2D eigenvalue weighted by Crippen LogP contribution is 2.29. The molecule has 2 N–H and O–H groups in total. The molecule has 0 aliphatic carbocycles. The minimum absolute atomic E-state index is 0.0159. The molecule has 2 heterocycles. The van der Waals surface area contributed by atoms with Gasteiger partial charge in [-0.15, -0.1) is 10.2 Å². The number of anilines is 1. The number of hydrogen-bond donors (Lipinski definition) is 2. The van der Waals surface area contributed by atoms with Gasteiger partial charge in [0.15, 0.2) is 4.34 Å². The molecule has 2 aromatic heterocycles. The molecule has 1 amide bonds. The summed E-state index contributed by atoms with van der Waals surface area (Å²) in [7, 11) is 0. The van der Waals surface area contributed by atoms with Crippen LogP contribution in [0.1, 0.15) is 39.9 Å². The summed E-state index contributed by atoms with van der Waals surface area (Å²) in [6.07, 6.45) is 2.52. The molecular weight excluding hydrogens is 332 g/mol. The summed E-state index contributed by atoms with van der Waals surface area (Å²) in [5.74, 6) is 0.853. The Kier molecular flexibility index (Phi) is 6.06. The van der Waals surface area contributed by atoms with E-state index >= 15 is 0 Å². The van der Waals surface area contributed by atoms with Crippen LogP contribution < -0.4 is 10.6 Å². The van der Waals surface area contributed by atoms with E-state index in [0.29, 0.717) is 11.7 Å². The molecule has 0 fully saturated rings. The lowest BCUT2D eigenvalue weighted by molar-refractivity contribution is -0.121. The van der Waals surface area contributed by atoms with Crippen molar-refractivity contribution in [3.8, 4) is 0 Å². The van der Waals surface area contributed by atoms with Crippen LogP contribution in [0.4, 0.5) is 5.13 Å². The van der Waals surface area contributed by atoms with Gasteiger partial charge in [-0.05, 0) is 39.3 Å². The molecule has 2 rings (SSSR count). The van der Waals surface area contributed by atoms with E-state index in [1.54, 1.807) is 6.26 Å². The van der Waals surface area contributed by atoms with Crippen molar-refractivity contribution in [2.75, 3.05) is 5.32 Å². The molecule has 126 valence electrons. The third-order valence-corrected chi connectivity index (χ3v) is 5.46. The standard InChI is InChI=1S/C15H22N4O2S2/c1-5-15(3,4)17-12(20)10(2)22-14-19-18-13(23-14)16-9-11-7-6-8-21-11/h6-8,10H,5,9H2,1-4H3,(H,16,18)(H,17,20). The number of thioether (sulfide) groups is 1. The van der Waals surface area contributed by atoms with Gasteiger partial charge in [-0.2, -0.15) is 0 Å². The van der Waals surface area contributed by atoms with Gasteiger partial charge in [-0.25, -0.2) is 0 Å². The first-order valence-corrected chi connectivity index (χ1v) is 9.17. The van der Waals surface area contributed by atoms with E-state index in [0.717, 1.165) is 16.5 Å². The second-order valence-electron chi connectivity index (χ2n) is 5.79. The zero-order valence-corrected chi connectivity index (χ0v) is 15.4. The number of carbonyl (C=O) groups excluding carboxylic acids is 1. The summed E-state index contributed by atoms with van der Waals surface area (Å²) in [6.45, 7) is 8.53. The fraction of sp³-hybridized carbons (Fsp3) is 0.533. The summed E-state index contributed by atoms with van der Waals surface area (Å²) in [4.78, 5) is 12.2. The van der Waals surface area contributed by atoms with E-state index in [-0.39, 0.29) is 16.7 Å². The van der Waals surface area contributed by atoms with E-state index < -0.39 is 0 Å². The van der Waals surface area contributed by atoms with Gasteiger partial charge in [0.2, 0.25) is 11.0 Å². The summed E-state index contributed by atoms with van der Waals surface area (Å²) in [5.41, 5.74) is -0.192. The fourth-order valence-corrected chi connectivity index (χ4v) is 3.52. The predicted octanol–water partition coefficient (Wildman–Crippen LogP) is 3.53. The fourth-order valence-electron chi connectivity index (χ4n) is 1.63. The molecule has 0 aliphatic rings. The topological polar surface area (TPSA) is 80.0 Å². The molecule has 0 bridgehead atoms. The van der Waals surface area contributed by atoms with Crippen molar-refractivity contribution in [1.82, 2.24) is 15.5 Å². The van der Waals surface area contributed by atoms with Crippen LogP contribution in [0.3, 0.4) is 0 Å². The molecule has 0 saturated carbocycles. The van der Waals surface area contributed by atoms with Crippen molar-refractivity contribution < 1.29 is 9.21 Å². The molecule has 1 atom stereocenters. The Morgan fingerprint density at radius 1 is 1.48 bits per heavy atom. The average Bonchev–Trinajstić information content (AvgIpc) is 3.16. The average molecular weight is 355 g/mol. The van der Waals surface area contributed by atoms with Crippen LogP contribution in [0, 0.1) is 0 Å². The Bertz CT molecular complexity index is 625. The van der Waals surface area contributed by atoms with Gasteiger partial charge in [0.25, 0.3) is 0 Å². The zero-order valence-electron chi connectivity index (χ0n) is 13.8. The second-order valence-corrected chi connectivity index (χ2v) is 8.36. The molecular formula is C15H22N4O2S2. The summed E-state index contributed by atoms with van der Waals surface area (Å²) in [6, 6.07) is 3.74. The normalized spacial score (nSPS) is 12.9. The molecule has 6 nitrogen and oxygen atoms in total. The number of furan rings is 1. The Labute approximate surface area is 144 Å². The van der Waals surface area contributed by atoms with Crippen LogP contribution in [0.25, 0.3) is 0 Å². The minimum Gasteiger partial charge on any atom is -0.467 e. The molecule has 0 saturated heterocycles. The maximum absolute atomic E-state index is 12.2. The third-order valence-electron chi connectivity index (χ3n) is 3.39. The Balaban J connectivity index is 1.84. The number of amides is 1. The molecule has 2 aromatic rings. The first-order chi connectivity index (χ1) is 10.9. The summed E-state index contributed by atoms with van der Waals surface area (Å²) >= 11 is 2.85. The smallest absolute Gasteiger partial charge is 0.233 e. The first kappa shape index (κ1) is 17.8. The molecule has 0 spiro atoms. The van der Waals surface area contributed by atoms with Crippen molar-refractivity contribution in [2.45, 2.75) is 55.8 Å². The lowest BCUT2D eigenvalue weighted by Gasteiger charge is -2.26. The van der Waals surface area contributed by atoms with E-state index in [1.165, 1.54) is 23.1 Å². The van der Waals surface area contributed by atoms with Gasteiger partial charge < -0.3 is 15.1 Å². The minimum atomic E-state index is -0.216. The molecule has 1 unspecified atom stereocenters. The van der Waals surface area contributed by atoms with E-state index in [2.05, 4.69) is 27.8 Å². The van der Waals surface area contributed by atoms with Gasteiger partial charge in [0.1, 0.15) is 5.76 Å². The number of rotatable bonds is 8. The van der Waals surface area contributed by atoms with Crippen LogP contribution >= 0.6 is 23.1 Å². The molecule has 0 radical (unpaired) electrons. The van der Waals surface area contributed by atoms with Gasteiger partial charge in [-0.3, -0.25) is 4.79 Å². The summed E-state index contributed by atoms with van der Waals surface area (Å²) < 4.78 is 6.02. The lowest BCUT2D eigenvalue weighted by atomic mass is 10.0. The lowest BCUT2D eigenvalue weighted by Crippen LogP contribution is -2.46. The number of aromatic nitrogens is 2. The maximum Gasteiger partial charge on any atom is 0.233 e. The largest absolute Gasteiger partial charge is 0.467 e. The Morgan fingerprint density at radius 2 is 2.26 bits per heavy atom. The Morgan fingerprint density at radius 3 is 2.91 bits per heavy atom. The van der Waals surface area contributed by atoms with Crippen molar-refractivity contribution in [3.05, 3.63) is 24.2 Å². The maximum atomic E-state index is 12.2. The van der Waals surface area contributed by atoms with Crippen LogP contribution in [0.15, 0.2) is 27.2 Å². The molecule has 0 aliphatic heterocycles. The zero-order chi connectivity index (χ0) is 16.9. The number of hydrogen-bond acceptors (Lipinski definition) is 7. The van der Waals surface area contributed by atoms with Gasteiger partial charge in [-0.1, -0.05) is 30.0 Å². The van der Waals surface area contributed by atoms with Crippen LogP contribution in [-0.2, 0) is 11.3 Å². The molecule has 23 heavy (non-hydrogen) atoms. The summed E-state index contributed by atoms with van der Waals surface area (Å²) in [5, 5.41) is 14.9. The highest BCUT2D eigenvalue weighted by atomic mass is 32.2. The predicted molar refractivity (Wildman–Crippen MR) is 93.8 cm³/mol. The van der Waals surface area contributed by atoms with Crippen molar-refractivity contribution >= 4 is 34.1 Å². The highest BCUT2D eigenvalue weighted by Gasteiger charge is 2.23. The van der Waals surface area contributed by atoms with Crippen LogP contribution in [0.5, 0.6) is 0 Å². The molecule has 0 aromatic carbocycles. The van der Waals surface area contributed by atoms with Gasteiger partial charge >= 0.3 is 0 Å². The van der Waals surface area contributed by atoms with E-state index in [4.69, 9.17) is 4.42 Å². The second kappa shape index (κ2) is 7.83. The Hall–Kier alpha value is -1.54. The van der Waals surface area contributed by atoms with E-state index in [1.807, 2.05) is 32.9 Å². The monoisotopic (exact) mass is 354 g/mol. The van der Waals surface area contributed by atoms with Crippen LogP contribution in [-0.4, -0.2) is 26.9 Å². The number of nitrogens with one attached hydrogen (secondary N) is 2. The van der Waals surface area contributed by atoms with Crippen molar-refractivity contribution in [2.24, 2.45) is 0 Å². The first-order valence-electron chi connectivity index (χ1n) is 7.48. The van der Waals surface area contributed by atoms with Gasteiger partial charge in [0.05, 0.1) is 18.1 Å².